The third-order valence-corrected chi connectivity index (χ3v) is 5.27. The van der Waals surface area contributed by atoms with Crippen molar-refractivity contribution in [3.05, 3.63) is 65.8 Å². The van der Waals surface area contributed by atoms with Crippen molar-refractivity contribution < 1.29 is 4.74 Å². The zero-order chi connectivity index (χ0) is 16.6. The largest absolute Gasteiger partial charge is 0.381 e. The summed E-state index contributed by atoms with van der Waals surface area (Å²) in [7, 11) is 0. The van der Waals surface area contributed by atoms with Gasteiger partial charge in [0, 0.05) is 24.9 Å². The first-order valence-electron chi connectivity index (χ1n) is 8.92. The number of hydrogen-bond acceptors (Lipinski definition) is 4. The fraction of sp³-hybridized carbons (Fsp3) is 0.421. The van der Waals surface area contributed by atoms with Gasteiger partial charge in [0.1, 0.15) is 5.82 Å². The van der Waals surface area contributed by atoms with Crippen LogP contribution in [0.4, 0.5) is 0 Å². The van der Waals surface area contributed by atoms with Crippen LogP contribution >= 0.6 is 0 Å². The van der Waals surface area contributed by atoms with Gasteiger partial charge in [0.05, 0.1) is 25.5 Å². The average molecular weight is 335 g/mol. The predicted molar refractivity (Wildman–Crippen MR) is 92.4 cm³/mol. The summed E-state index contributed by atoms with van der Waals surface area (Å²) in [6.45, 7) is 2.25. The summed E-state index contributed by atoms with van der Waals surface area (Å²) in [5.41, 5.74) is 2.87. The molecule has 1 saturated heterocycles. The van der Waals surface area contributed by atoms with Crippen LogP contribution in [-0.2, 0) is 24.1 Å². The van der Waals surface area contributed by atoms with E-state index in [1.165, 1.54) is 11.1 Å². The van der Waals surface area contributed by atoms with Crippen molar-refractivity contribution in [3.8, 4) is 0 Å². The van der Waals surface area contributed by atoms with Gasteiger partial charge in [-0.2, -0.15) is 5.10 Å². The third kappa shape index (κ3) is 2.76. The van der Waals surface area contributed by atoms with Gasteiger partial charge in [0.25, 0.3) is 0 Å². The maximum Gasteiger partial charge on any atom is 0.156 e. The lowest BCUT2D eigenvalue weighted by molar-refractivity contribution is 0.193. The van der Waals surface area contributed by atoms with Gasteiger partial charge < -0.3 is 9.30 Å². The van der Waals surface area contributed by atoms with E-state index >= 15 is 0 Å². The van der Waals surface area contributed by atoms with Crippen molar-refractivity contribution in [2.24, 2.45) is 0 Å². The molecule has 0 bridgehead atoms. The quantitative estimate of drug-likeness (QED) is 0.734. The lowest BCUT2D eigenvalue weighted by atomic mass is 10.1. The molecular weight excluding hydrogens is 314 g/mol. The predicted octanol–water partition coefficient (Wildman–Crippen LogP) is 2.37. The molecule has 3 aromatic rings. The number of imidazole rings is 1. The Morgan fingerprint density at radius 1 is 1.16 bits per heavy atom. The first kappa shape index (κ1) is 14.8. The van der Waals surface area contributed by atoms with E-state index in [2.05, 4.69) is 38.5 Å². The van der Waals surface area contributed by atoms with Gasteiger partial charge in [-0.15, -0.1) is 0 Å². The summed E-state index contributed by atoms with van der Waals surface area (Å²) < 4.78 is 9.75. The summed E-state index contributed by atoms with van der Waals surface area (Å²) in [6, 6.07) is 9.05. The van der Waals surface area contributed by atoms with E-state index < -0.39 is 0 Å². The van der Waals surface area contributed by atoms with Crippen LogP contribution in [0.15, 0.2) is 43.0 Å². The smallest absolute Gasteiger partial charge is 0.156 e. The molecule has 1 fully saturated rings. The second-order valence-electron chi connectivity index (χ2n) is 6.96. The molecule has 6 nitrogen and oxygen atoms in total. The Balaban J connectivity index is 1.48. The molecule has 1 aliphatic carbocycles. The molecule has 25 heavy (non-hydrogen) atoms. The molecule has 2 aromatic heterocycles. The topological polar surface area (TPSA) is 57.8 Å². The molecule has 1 aromatic carbocycles. The highest BCUT2D eigenvalue weighted by atomic mass is 16.5. The molecular formula is C19H21N5O. The lowest BCUT2D eigenvalue weighted by Crippen LogP contribution is -2.16. The Morgan fingerprint density at radius 3 is 2.68 bits per heavy atom. The van der Waals surface area contributed by atoms with Crippen LogP contribution in [0.25, 0.3) is 0 Å². The third-order valence-electron chi connectivity index (χ3n) is 5.27. The SMILES string of the molecule is c1ccc2c(c1)CC(n1nc(C3CCOC3)nc1Cn1ccnc1)C2. The fourth-order valence-electron chi connectivity index (χ4n) is 3.94. The second kappa shape index (κ2) is 6.11. The van der Waals surface area contributed by atoms with Crippen LogP contribution in [0.5, 0.6) is 0 Å². The molecule has 0 N–H and O–H groups in total. The summed E-state index contributed by atoms with van der Waals surface area (Å²) >= 11 is 0. The lowest BCUT2D eigenvalue weighted by Gasteiger charge is -2.13. The van der Waals surface area contributed by atoms with E-state index in [0.717, 1.165) is 44.1 Å². The van der Waals surface area contributed by atoms with Crippen LogP contribution in [0.2, 0.25) is 0 Å². The molecule has 3 heterocycles. The van der Waals surface area contributed by atoms with Crippen LogP contribution in [0.1, 0.15) is 41.2 Å². The van der Waals surface area contributed by atoms with Crippen LogP contribution in [-0.4, -0.2) is 37.5 Å². The maximum absolute atomic E-state index is 5.54. The molecule has 0 amide bonds. The summed E-state index contributed by atoms with van der Waals surface area (Å²) in [5.74, 6) is 2.27. The minimum Gasteiger partial charge on any atom is -0.381 e. The van der Waals surface area contributed by atoms with Crippen molar-refractivity contribution >= 4 is 0 Å². The van der Waals surface area contributed by atoms with E-state index in [1.807, 2.05) is 12.5 Å². The molecule has 6 heteroatoms. The summed E-state index contributed by atoms with van der Waals surface area (Å²) in [6.07, 6.45) is 8.67. The minimum absolute atomic E-state index is 0.326. The first-order chi connectivity index (χ1) is 12.4. The highest BCUT2D eigenvalue weighted by molar-refractivity contribution is 5.33. The number of nitrogens with zero attached hydrogens (tertiary/aromatic N) is 5. The number of ether oxygens (including phenoxy) is 1. The van der Waals surface area contributed by atoms with E-state index in [1.54, 1.807) is 6.20 Å². The van der Waals surface area contributed by atoms with Crippen LogP contribution in [0.3, 0.4) is 0 Å². The Kier molecular flexibility index (Phi) is 3.63. The standard InChI is InChI=1S/C19H21N5O/c1-2-4-15-10-17(9-14(15)3-1)24-18(11-23-7-6-20-13-23)21-19(22-24)16-5-8-25-12-16/h1-4,6-7,13,16-17H,5,8-12H2. The van der Waals surface area contributed by atoms with Gasteiger partial charge in [0.2, 0.25) is 0 Å². The molecule has 0 saturated carbocycles. The Morgan fingerprint density at radius 2 is 2.00 bits per heavy atom. The normalized spacial score (nSPS) is 20.2. The van der Waals surface area contributed by atoms with Crippen LogP contribution in [0, 0.1) is 0 Å². The van der Waals surface area contributed by atoms with Gasteiger partial charge in [-0.1, -0.05) is 24.3 Å². The van der Waals surface area contributed by atoms with E-state index in [4.69, 9.17) is 14.8 Å². The maximum atomic E-state index is 5.54. The van der Waals surface area contributed by atoms with Crippen molar-refractivity contribution in [2.75, 3.05) is 13.2 Å². The van der Waals surface area contributed by atoms with Crippen molar-refractivity contribution in [3.63, 3.8) is 0 Å². The molecule has 1 aliphatic heterocycles. The molecule has 1 unspecified atom stereocenters. The van der Waals surface area contributed by atoms with Crippen molar-refractivity contribution in [2.45, 2.75) is 37.8 Å². The van der Waals surface area contributed by atoms with Gasteiger partial charge in [0.15, 0.2) is 5.82 Å². The molecule has 0 radical (unpaired) electrons. The highest BCUT2D eigenvalue weighted by Gasteiger charge is 2.29. The number of aromatic nitrogens is 5. The zero-order valence-electron chi connectivity index (χ0n) is 14.1. The number of rotatable bonds is 4. The monoisotopic (exact) mass is 335 g/mol. The zero-order valence-corrected chi connectivity index (χ0v) is 14.1. The van der Waals surface area contributed by atoms with Gasteiger partial charge in [-0.3, -0.25) is 0 Å². The van der Waals surface area contributed by atoms with Crippen molar-refractivity contribution in [1.82, 2.24) is 24.3 Å². The molecule has 5 rings (SSSR count). The molecule has 0 spiro atoms. The average Bonchev–Trinajstić information content (AvgIpc) is 3.41. The Hall–Kier alpha value is -2.47. The van der Waals surface area contributed by atoms with E-state index in [-0.39, 0.29) is 0 Å². The van der Waals surface area contributed by atoms with Gasteiger partial charge in [-0.25, -0.2) is 14.6 Å². The van der Waals surface area contributed by atoms with Crippen LogP contribution < -0.4 is 0 Å². The summed E-state index contributed by atoms with van der Waals surface area (Å²) in [5, 5.41) is 4.93. The summed E-state index contributed by atoms with van der Waals surface area (Å²) in [4.78, 5) is 9.05. The van der Waals surface area contributed by atoms with E-state index in [0.29, 0.717) is 18.5 Å². The molecule has 2 aliphatic rings. The second-order valence-corrected chi connectivity index (χ2v) is 6.96. The van der Waals surface area contributed by atoms with Gasteiger partial charge >= 0.3 is 0 Å². The molecule has 1 atom stereocenters. The van der Waals surface area contributed by atoms with Crippen molar-refractivity contribution in [1.29, 1.82) is 0 Å². The first-order valence-corrected chi connectivity index (χ1v) is 8.92. The number of fused-ring (bicyclic) bond motifs is 1. The molecule has 128 valence electrons. The fourth-order valence-corrected chi connectivity index (χ4v) is 3.94. The minimum atomic E-state index is 0.326. The Labute approximate surface area is 146 Å². The van der Waals surface area contributed by atoms with E-state index in [9.17, 15) is 0 Å². The number of hydrogen-bond donors (Lipinski definition) is 0. The Bertz CT molecular complexity index is 839. The highest BCUT2D eigenvalue weighted by Crippen LogP contribution is 2.31. The number of benzene rings is 1. The van der Waals surface area contributed by atoms with Gasteiger partial charge in [-0.05, 0) is 30.4 Å².